The Labute approximate surface area is 110 Å². The standard InChI is InChI=1S/C13H15N3OS/c17-13(11-18-12-3-5-14-6-4-12)15-7-10-16-8-1-2-9-16/h1-6,8-9H,7,10-11H2,(H,15,17). The van der Waals surface area contributed by atoms with Crippen molar-refractivity contribution in [1.29, 1.82) is 0 Å². The van der Waals surface area contributed by atoms with Gasteiger partial charge >= 0.3 is 0 Å². The summed E-state index contributed by atoms with van der Waals surface area (Å²) in [4.78, 5) is 16.6. The summed E-state index contributed by atoms with van der Waals surface area (Å²) < 4.78 is 2.04. The normalized spacial score (nSPS) is 10.2. The van der Waals surface area contributed by atoms with Gasteiger partial charge in [0.1, 0.15) is 0 Å². The second kappa shape index (κ2) is 6.86. The van der Waals surface area contributed by atoms with Crippen molar-refractivity contribution in [2.45, 2.75) is 11.4 Å². The molecule has 2 aromatic heterocycles. The molecule has 0 atom stereocenters. The minimum atomic E-state index is 0.0592. The molecule has 2 rings (SSSR count). The third-order valence-corrected chi connectivity index (χ3v) is 3.39. The molecular weight excluding hydrogens is 246 g/mol. The zero-order chi connectivity index (χ0) is 12.6. The largest absolute Gasteiger partial charge is 0.354 e. The van der Waals surface area contributed by atoms with Gasteiger partial charge in [0.15, 0.2) is 0 Å². The fourth-order valence-corrected chi connectivity index (χ4v) is 2.19. The van der Waals surface area contributed by atoms with E-state index < -0.39 is 0 Å². The summed E-state index contributed by atoms with van der Waals surface area (Å²) in [7, 11) is 0. The highest BCUT2D eigenvalue weighted by Gasteiger charge is 2.01. The maximum Gasteiger partial charge on any atom is 0.230 e. The Morgan fingerprint density at radius 3 is 2.72 bits per heavy atom. The van der Waals surface area contributed by atoms with E-state index in [2.05, 4.69) is 10.3 Å². The lowest BCUT2D eigenvalue weighted by Crippen LogP contribution is -2.28. The van der Waals surface area contributed by atoms with E-state index in [9.17, 15) is 4.79 Å². The number of nitrogens with one attached hydrogen (secondary N) is 1. The van der Waals surface area contributed by atoms with E-state index in [-0.39, 0.29) is 5.91 Å². The topological polar surface area (TPSA) is 46.9 Å². The predicted molar refractivity (Wildman–Crippen MR) is 72.4 cm³/mol. The second-order valence-electron chi connectivity index (χ2n) is 3.74. The number of hydrogen-bond acceptors (Lipinski definition) is 3. The van der Waals surface area contributed by atoms with Crippen LogP contribution in [0.1, 0.15) is 0 Å². The molecule has 0 bridgehead atoms. The van der Waals surface area contributed by atoms with Crippen LogP contribution in [-0.4, -0.2) is 27.8 Å². The third-order valence-electron chi connectivity index (χ3n) is 2.38. The van der Waals surface area contributed by atoms with Crippen molar-refractivity contribution in [3.63, 3.8) is 0 Å². The Bertz CT molecular complexity index is 470. The highest BCUT2D eigenvalue weighted by molar-refractivity contribution is 8.00. The number of rotatable bonds is 6. The van der Waals surface area contributed by atoms with E-state index in [4.69, 9.17) is 0 Å². The number of carbonyl (C=O) groups is 1. The molecule has 1 N–H and O–H groups in total. The quantitative estimate of drug-likeness (QED) is 0.806. The van der Waals surface area contributed by atoms with Gasteiger partial charge in [0, 0.05) is 42.8 Å². The summed E-state index contributed by atoms with van der Waals surface area (Å²) in [6, 6.07) is 7.75. The lowest BCUT2D eigenvalue weighted by atomic mass is 10.5. The molecule has 0 aromatic carbocycles. The molecule has 2 heterocycles. The average molecular weight is 261 g/mol. The minimum Gasteiger partial charge on any atom is -0.354 e. The van der Waals surface area contributed by atoms with Crippen molar-refractivity contribution >= 4 is 17.7 Å². The van der Waals surface area contributed by atoms with Crippen molar-refractivity contribution in [1.82, 2.24) is 14.9 Å². The number of nitrogens with zero attached hydrogens (tertiary/aromatic N) is 2. The van der Waals surface area contributed by atoms with Crippen molar-refractivity contribution in [3.05, 3.63) is 49.1 Å². The molecule has 0 aliphatic rings. The molecule has 0 unspecified atom stereocenters. The van der Waals surface area contributed by atoms with E-state index in [1.807, 2.05) is 41.2 Å². The molecule has 5 heteroatoms. The van der Waals surface area contributed by atoms with Gasteiger partial charge in [-0.05, 0) is 24.3 Å². The summed E-state index contributed by atoms with van der Waals surface area (Å²) in [6.45, 7) is 1.46. The lowest BCUT2D eigenvalue weighted by molar-refractivity contribution is -0.118. The van der Waals surface area contributed by atoms with E-state index in [0.717, 1.165) is 11.4 Å². The van der Waals surface area contributed by atoms with Gasteiger partial charge < -0.3 is 9.88 Å². The maximum absolute atomic E-state index is 11.6. The number of carbonyl (C=O) groups excluding carboxylic acids is 1. The van der Waals surface area contributed by atoms with Gasteiger partial charge in [0.2, 0.25) is 5.91 Å². The first kappa shape index (κ1) is 12.7. The van der Waals surface area contributed by atoms with Crippen LogP contribution in [0.2, 0.25) is 0 Å². The number of pyridine rings is 1. The maximum atomic E-state index is 11.6. The van der Waals surface area contributed by atoms with Crippen LogP contribution in [0.5, 0.6) is 0 Å². The first-order valence-electron chi connectivity index (χ1n) is 5.75. The molecule has 0 saturated heterocycles. The molecule has 94 valence electrons. The fraction of sp³-hybridized carbons (Fsp3) is 0.231. The SMILES string of the molecule is O=C(CSc1ccncc1)NCCn1cccc1. The monoisotopic (exact) mass is 261 g/mol. The Kier molecular flexibility index (Phi) is 4.84. The Hall–Kier alpha value is -1.75. The Morgan fingerprint density at radius 1 is 1.28 bits per heavy atom. The molecular formula is C13H15N3OS. The van der Waals surface area contributed by atoms with Crippen molar-refractivity contribution in [2.75, 3.05) is 12.3 Å². The molecule has 18 heavy (non-hydrogen) atoms. The van der Waals surface area contributed by atoms with E-state index in [1.54, 1.807) is 12.4 Å². The van der Waals surface area contributed by atoms with Gasteiger partial charge in [-0.3, -0.25) is 9.78 Å². The smallest absolute Gasteiger partial charge is 0.230 e. The number of hydrogen-bond donors (Lipinski definition) is 1. The summed E-state index contributed by atoms with van der Waals surface area (Å²) in [6.07, 6.45) is 7.42. The van der Waals surface area contributed by atoms with Crippen LogP contribution in [0, 0.1) is 0 Å². The predicted octanol–water partition coefficient (Wildman–Crippen LogP) is 1.79. The fourth-order valence-electron chi connectivity index (χ4n) is 1.48. The van der Waals surface area contributed by atoms with E-state index in [1.165, 1.54) is 11.8 Å². The van der Waals surface area contributed by atoms with Crippen LogP contribution in [0.25, 0.3) is 0 Å². The van der Waals surface area contributed by atoms with E-state index in [0.29, 0.717) is 12.3 Å². The molecule has 4 nitrogen and oxygen atoms in total. The van der Waals surface area contributed by atoms with Gasteiger partial charge in [-0.15, -0.1) is 11.8 Å². The van der Waals surface area contributed by atoms with Gasteiger partial charge in [0.05, 0.1) is 5.75 Å². The highest BCUT2D eigenvalue weighted by Crippen LogP contribution is 2.15. The summed E-state index contributed by atoms with van der Waals surface area (Å²) in [5.74, 6) is 0.499. The molecule has 0 aliphatic carbocycles. The van der Waals surface area contributed by atoms with Crippen LogP contribution in [-0.2, 0) is 11.3 Å². The van der Waals surface area contributed by atoms with E-state index >= 15 is 0 Å². The van der Waals surface area contributed by atoms with Gasteiger partial charge in [0.25, 0.3) is 0 Å². The van der Waals surface area contributed by atoms with Gasteiger partial charge in [-0.2, -0.15) is 0 Å². The number of aromatic nitrogens is 2. The third kappa shape index (κ3) is 4.25. The highest BCUT2D eigenvalue weighted by atomic mass is 32.2. The average Bonchev–Trinajstić information content (AvgIpc) is 2.91. The lowest BCUT2D eigenvalue weighted by Gasteiger charge is -2.06. The second-order valence-corrected chi connectivity index (χ2v) is 4.79. The van der Waals surface area contributed by atoms with Crippen LogP contribution >= 0.6 is 11.8 Å². The van der Waals surface area contributed by atoms with Crippen LogP contribution in [0.4, 0.5) is 0 Å². The summed E-state index contributed by atoms with van der Waals surface area (Å²) in [5, 5.41) is 2.89. The summed E-state index contributed by atoms with van der Waals surface area (Å²) >= 11 is 1.52. The van der Waals surface area contributed by atoms with Crippen LogP contribution in [0.3, 0.4) is 0 Å². The molecule has 1 amide bonds. The van der Waals surface area contributed by atoms with Crippen LogP contribution in [0.15, 0.2) is 53.9 Å². The Morgan fingerprint density at radius 2 is 2.00 bits per heavy atom. The zero-order valence-electron chi connectivity index (χ0n) is 9.95. The van der Waals surface area contributed by atoms with Crippen molar-refractivity contribution in [2.24, 2.45) is 0 Å². The molecule has 0 aliphatic heterocycles. The Balaban J connectivity index is 1.63. The van der Waals surface area contributed by atoms with Gasteiger partial charge in [-0.1, -0.05) is 0 Å². The van der Waals surface area contributed by atoms with Gasteiger partial charge in [-0.25, -0.2) is 0 Å². The molecule has 2 aromatic rings. The first-order valence-corrected chi connectivity index (χ1v) is 6.73. The molecule has 0 saturated carbocycles. The zero-order valence-corrected chi connectivity index (χ0v) is 10.8. The number of amides is 1. The van der Waals surface area contributed by atoms with Crippen molar-refractivity contribution < 1.29 is 4.79 Å². The molecule has 0 fully saturated rings. The molecule has 0 spiro atoms. The van der Waals surface area contributed by atoms with Crippen molar-refractivity contribution in [3.8, 4) is 0 Å². The molecule has 0 radical (unpaired) electrons. The number of thioether (sulfide) groups is 1. The minimum absolute atomic E-state index is 0.0592. The first-order chi connectivity index (χ1) is 8.84. The summed E-state index contributed by atoms with van der Waals surface area (Å²) in [5.41, 5.74) is 0. The van der Waals surface area contributed by atoms with Crippen LogP contribution < -0.4 is 5.32 Å².